The van der Waals surface area contributed by atoms with Crippen molar-refractivity contribution < 1.29 is 4.39 Å². The molecule has 2 aromatic rings. The monoisotopic (exact) mass is 388 g/mol. The van der Waals surface area contributed by atoms with Crippen LogP contribution in [-0.4, -0.2) is 39.2 Å². The van der Waals surface area contributed by atoms with E-state index in [2.05, 4.69) is 17.1 Å². The average molecular weight is 388 g/mol. The second kappa shape index (κ2) is 8.84. The van der Waals surface area contributed by atoms with Gasteiger partial charge in [0.15, 0.2) is 0 Å². The van der Waals surface area contributed by atoms with Crippen LogP contribution in [0.3, 0.4) is 0 Å². The van der Waals surface area contributed by atoms with Crippen LogP contribution in [0.1, 0.15) is 30.9 Å². The fraction of sp³-hybridized carbons (Fsp3) is 0.524. The summed E-state index contributed by atoms with van der Waals surface area (Å²) in [5.74, 6) is -0.212. The lowest BCUT2D eigenvalue weighted by molar-refractivity contribution is 0.136. The lowest BCUT2D eigenvalue weighted by atomic mass is 10.0. The van der Waals surface area contributed by atoms with Crippen molar-refractivity contribution in [2.24, 2.45) is 14.1 Å². The van der Waals surface area contributed by atoms with Crippen LogP contribution >= 0.6 is 0 Å². The average Bonchev–Trinajstić information content (AvgIpc) is 3.20. The maximum absolute atomic E-state index is 13.5. The third-order valence-electron chi connectivity index (χ3n) is 5.68. The number of hydrogen-bond donors (Lipinski definition) is 1. The summed E-state index contributed by atoms with van der Waals surface area (Å²) in [7, 11) is 3.18. The summed E-state index contributed by atoms with van der Waals surface area (Å²) in [5.41, 5.74) is 1.04. The predicted octanol–water partition coefficient (Wildman–Crippen LogP) is 1.41. The summed E-state index contributed by atoms with van der Waals surface area (Å²) in [6, 6.07) is 7.28. The van der Waals surface area contributed by atoms with E-state index in [0.29, 0.717) is 18.2 Å². The van der Waals surface area contributed by atoms with Gasteiger partial charge in [-0.1, -0.05) is 12.1 Å². The molecule has 0 radical (unpaired) electrons. The van der Waals surface area contributed by atoms with E-state index in [4.69, 9.17) is 0 Å². The Morgan fingerprint density at radius 1 is 1.32 bits per heavy atom. The van der Waals surface area contributed by atoms with Crippen LogP contribution in [0.5, 0.6) is 0 Å². The Hall–Kier alpha value is -2.25. The quantitative estimate of drug-likeness (QED) is 0.779. The van der Waals surface area contributed by atoms with Crippen LogP contribution in [0.4, 0.5) is 4.39 Å². The first-order chi connectivity index (χ1) is 13.4. The second-order valence-electron chi connectivity index (χ2n) is 7.75. The van der Waals surface area contributed by atoms with E-state index >= 15 is 0 Å². The maximum Gasteiger partial charge on any atom is 0.330 e. The molecule has 7 heteroatoms. The minimum Gasteiger partial charge on any atom is -0.315 e. The van der Waals surface area contributed by atoms with E-state index < -0.39 is 0 Å². The van der Waals surface area contributed by atoms with Crippen molar-refractivity contribution in [1.29, 1.82) is 0 Å². The van der Waals surface area contributed by atoms with Crippen LogP contribution in [0.2, 0.25) is 0 Å². The third-order valence-corrected chi connectivity index (χ3v) is 5.68. The van der Waals surface area contributed by atoms with Gasteiger partial charge in [-0.05, 0) is 50.4 Å². The van der Waals surface area contributed by atoms with Gasteiger partial charge in [-0.2, -0.15) is 0 Å². The molecule has 2 atom stereocenters. The van der Waals surface area contributed by atoms with Crippen LogP contribution in [-0.2, 0) is 27.1 Å². The van der Waals surface area contributed by atoms with Gasteiger partial charge >= 0.3 is 5.69 Å². The Morgan fingerprint density at radius 2 is 2.11 bits per heavy atom. The molecule has 152 valence electrons. The number of nitrogens with zero attached hydrogens (tertiary/aromatic N) is 3. The molecule has 1 aliphatic heterocycles. The van der Waals surface area contributed by atoms with E-state index in [1.807, 2.05) is 6.07 Å². The van der Waals surface area contributed by atoms with Crippen molar-refractivity contribution in [3.05, 3.63) is 68.2 Å². The van der Waals surface area contributed by atoms with Gasteiger partial charge in [0.05, 0.1) is 0 Å². The molecule has 2 heterocycles. The number of rotatable bonds is 7. The van der Waals surface area contributed by atoms with Gasteiger partial charge in [0.2, 0.25) is 0 Å². The Morgan fingerprint density at radius 3 is 2.79 bits per heavy atom. The highest BCUT2D eigenvalue weighted by atomic mass is 19.1. The summed E-state index contributed by atoms with van der Waals surface area (Å²) < 4.78 is 16.1. The topological polar surface area (TPSA) is 59.3 Å². The Kier molecular flexibility index (Phi) is 6.46. The van der Waals surface area contributed by atoms with Crippen LogP contribution in [0.25, 0.3) is 0 Å². The molecule has 1 fully saturated rings. The smallest absolute Gasteiger partial charge is 0.315 e. The van der Waals surface area contributed by atoms with Gasteiger partial charge in [-0.25, -0.2) is 9.18 Å². The van der Waals surface area contributed by atoms with E-state index in [1.165, 1.54) is 17.7 Å². The highest BCUT2D eigenvalue weighted by Gasteiger charge is 2.27. The number of halogens is 1. The Bertz CT molecular complexity index is 931. The third kappa shape index (κ3) is 4.59. The van der Waals surface area contributed by atoms with Crippen molar-refractivity contribution in [1.82, 2.24) is 19.4 Å². The fourth-order valence-corrected chi connectivity index (χ4v) is 3.99. The van der Waals surface area contributed by atoms with Gasteiger partial charge in [0, 0.05) is 51.0 Å². The molecule has 0 unspecified atom stereocenters. The molecule has 0 bridgehead atoms. The van der Waals surface area contributed by atoms with E-state index in [1.54, 1.807) is 25.4 Å². The zero-order chi connectivity index (χ0) is 20.3. The Balaban J connectivity index is 1.79. The molecule has 6 nitrogen and oxygen atoms in total. The molecule has 1 aromatic heterocycles. The molecule has 0 spiro atoms. The molecule has 0 aliphatic carbocycles. The largest absolute Gasteiger partial charge is 0.330 e. The molecule has 1 saturated heterocycles. The summed E-state index contributed by atoms with van der Waals surface area (Å²) in [4.78, 5) is 26.9. The molecule has 0 saturated carbocycles. The van der Waals surface area contributed by atoms with Gasteiger partial charge < -0.3 is 9.88 Å². The summed E-state index contributed by atoms with van der Waals surface area (Å²) in [6.07, 6.45) is 4.32. The highest BCUT2D eigenvalue weighted by molar-refractivity contribution is 5.16. The first-order valence-electron chi connectivity index (χ1n) is 9.83. The van der Waals surface area contributed by atoms with Crippen molar-refractivity contribution in [3.63, 3.8) is 0 Å². The maximum atomic E-state index is 13.5. The number of hydrogen-bond acceptors (Lipinski definition) is 4. The van der Waals surface area contributed by atoms with Crippen molar-refractivity contribution in [2.45, 2.75) is 44.8 Å². The van der Waals surface area contributed by atoms with Gasteiger partial charge in [-0.3, -0.25) is 14.3 Å². The highest BCUT2D eigenvalue weighted by Crippen LogP contribution is 2.19. The lowest BCUT2D eigenvalue weighted by Crippen LogP contribution is -2.46. The molecule has 1 aromatic carbocycles. The molecule has 3 rings (SSSR count). The van der Waals surface area contributed by atoms with Crippen molar-refractivity contribution >= 4 is 0 Å². The minimum absolute atomic E-state index is 0.212. The van der Waals surface area contributed by atoms with Crippen molar-refractivity contribution in [2.75, 3.05) is 13.1 Å². The fourth-order valence-electron chi connectivity index (χ4n) is 3.99. The molecule has 1 aliphatic rings. The van der Waals surface area contributed by atoms with E-state index in [-0.39, 0.29) is 23.1 Å². The zero-order valence-electron chi connectivity index (χ0n) is 16.8. The minimum atomic E-state index is -0.318. The second-order valence-corrected chi connectivity index (χ2v) is 7.75. The Labute approximate surface area is 164 Å². The zero-order valence-corrected chi connectivity index (χ0v) is 16.8. The van der Waals surface area contributed by atoms with Gasteiger partial charge in [-0.15, -0.1) is 0 Å². The van der Waals surface area contributed by atoms with Crippen LogP contribution < -0.4 is 16.6 Å². The standard InChI is InChI=1S/C21H29FN4O2/c1-15(7-8-16-5-4-6-18(22)11-16)26(19-9-10-23-12-19)14-17-13-24(2)21(28)25(3)20(17)27/h4-6,11,13,15,19,23H,7-10,12,14H2,1-3H3/t15-,19+/m1/s1. The van der Waals surface area contributed by atoms with Gasteiger partial charge in [0.25, 0.3) is 5.56 Å². The molecule has 1 N–H and O–H groups in total. The van der Waals surface area contributed by atoms with Gasteiger partial charge in [0.1, 0.15) is 5.82 Å². The summed E-state index contributed by atoms with van der Waals surface area (Å²) >= 11 is 0. The number of aryl methyl sites for hydroxylation is 2. The van der Waals surface area contributed by atoms with Crippen LogP contribution in [0.15, 0.2) is 40.1 Å². The van der Waals surface area contributed by atoms with Crippen molar-refractivity contribution in [3.8, 4) is 0 Å². The molecule has 28 heavy (non-hydrogen) atoms. The number of aromatic nitrogens is 2. The predicted molar refractivity (Wildman–Crippen MR) is 108 cm³/mol. The normalized spacial score (nSPS) is 18.0. The number of benzene rings is 1. The summed E-state index contributed by atoms with van der Waals surface area (Å²) in [6.45, 7) is 4.50. The first-order valence-corrected chi connectivity index (χ1v) is 9.83. The molecular weight excluding hydrogens is 359 g/mol. The SMILES string of the molecule is C[C@H](CCc1cccc(F)c1)N(Cc1cn(C)c(=O)n(C)c1=O)[C@H]1CCNC1. The molecular formula is C21H29FN4O2. The lowest BCUT2D eigenvalue weighted by Gasteiger charge is -2.34. The molecule has 0 amide bonds. The van der Waals surface area contributed by atoms with E-state index in [9.17, 15) is 14.0 Å². The first kappa shape index (κ1) is 20.5. The number of nitrogens with one attached hydrogen (secondary N) is 1. The van der Waals surface area contributed by atoms with E-state index in [0.717, 1.165) is 42.5 Å². The van der Waals surface area contributed by atoms with Crippen LogP contribution in [0, 0.1) is 5.82 Å². The summed E-state index contributed by atoms with van der Waals surface area (Å²) in [5, 5.41) is 3.39.